The average Bonchev–Trinajstić information content (AvgIpc) is 2.75. The zero-order valence-corrected chi connectivity index (χ0v) is 16.0. The van der Waals surface area contributed by atoms with Crippen molar-refractivity contribution in [1.29, 1.82) is 0 Å². The van der Waals surface area contributed by atoms with Gasteiger partial charge in [-0.05, 0) is 29.2 Å². The van der Waals surface area contributed by atoms with Crippen LogP contribution in [0, 0.1) is 0 Å². The molecule has 1 amide bonds. The number of hydrogen-bond donors (Lipinski definition) is 4. The summed E-state index contributed by atoms with van der Waals surface area (Å²) in [6.07, 6.45) is -1.48. The van der Waals surface area contributed by atoms with E-state index in [1.54, 1.807) is 0 Å². The Morgan fingerprint density at radius 1 is 0.900 bits per heavy atom. The lowest BCUT2D eigenvalue weighted by Crippen LogP contribution is -2.41. The maximum Gasteiger partial charge on any atom is 0.332 e. The molecule has 0 saturated heterocycles. The van der Waals surface area contributed by atoms with E-state index in [0.717, 1.165) is 16.7 Å². The van der Waals surface area contributed by atoms with Crippen molar-refractivity contribution in [3.05, 3.63) is 78.0 Å². The number of aliphatic hydroxyl groups excluding tert-OH is 1. The van der Waals surface area contributed by atoms with Crippen LogP contribution in [0.3, 0.4) is 0 Å². The standard InChI is InChI=1S/C22H21N3O5/c26-19(22(29)30)13-17(23-21(28)18-10-11-20(27)25-24-18)12-14-6-8-16(9-7-14)15-4-2-1-3-5-15/h1-11,17,19,26H,12-13H2,(H,23,28)(H,25,27)(H,29,30). The average molecular weight is 407 g/mol. The summed E-state index contributed by atoms with van der Waals surface area (Å²) in [4.78, 5) is 23.5. The highest BCUT2D eigenvalue weighted by molar-refractivity contribution is 5.92. The molecule has 4 N–H and O–H groups in total. The molecule has 1 heterocycles. The Bertz CT molecular complexity index is 992. The Morgan fingerprint density at radius 3 is 2.17 bits per heavy atom. The van der Waals surface area contributed by atoms with Crippen LogP contribution in [0.1, 0.15) is 22.5 Å². The summed E-state index contributed by atoms with van der Waals surface area (Å²) in [6.45, 7) is 0. The van der Waals surface area contributed by atoms with Crippen molar-refractivity contribution in [1.82, 2.24) is 15.5 Å². The fraction of sp³-hybridized carbons (Fsp3) is 0.182. The number of carbonyl (C=O) groups is 2. The maximum atomic E-state index is 12.4. The van der Waals surface area contributed by atoms with E-state index in [1.165, 1.54) is 12.1 Å². The second kappa shape index (κ2) is 9.62. The summed E-state index contributed by atoms with van der Waals surface area (Å²) in [5, 5.41) is 37.7. The Morgan fingerprint density at radius 2 is 1.57 bits per heavy atom. The number of aromatic hydroxyl groups is 1. The van der Waals surface area contributed by atoms with Gasteiger partial charge in [-0.15, -0.1) is 10.2 Å². The minimum Gasteiger partial charge on any atom is -0.492 e. The molecule has 0 radical (unpaired) electrons. The zero-order chi connectivity index (χ0) is 21.5. The normalized spacial score (nSPS) is 12.7. The molecule has 0 aliphatic rings. The minimum absolute atomic E-state index is 0.0259. The van der Waals surface area contributed by atoms with Gasteiger partial charge in [-0.25, -0.2) is 4.79 Å². The molecular weight excluding hydrogens is 386 g/mol. The van der Waals surface area contributed by atoms with Gasteiger partial charge in [0.2, 0.25) is 5.88 Å². The number of nitrogens with zero attached hydrogens (tertiary/aromatic N) is 2. The Labute approximate surface area is 172 Å². The van der Waals surface area contributed by atoms with E-state index >= 15 is 0 Å². The molecule has 3 rings (SSSR count). The molecule has 2 atom stereocenters. The number of amides is 1. The number of nitrogens with one attached hydrogen (secondary N) is 1. The van der Waals surface area contributed by atoms with E-state index in [1.807, 2.05) is 54.6 Å². The number of carbonyl (C=O) groups excluding carboxylic acids is 1. The molecule has 0 bridgehead atoms. The van der Waals surface area contributed by atoms with Crippen LogP contribution in [0.25, 0.3) is 11.1 Å². The quantitative estimate of drug-likeness (QED) is 0.449. The molecule has 2 unspecified atom stereocenters. The highest BCUT2D eigenvalue weighted by atomic mass is 16.4. The molecule has 2 aromatic carbocycles. The fourth-order valence-electron chi connectivity index (χ4n) is 3.02. The highest BCUT2D eigenvalue weighted by Gasteiger charge is 2.23. The molecule has 30 heavy (non-hydrogen) atoms. The molecular formula is C22H21N3O5. The number of aromatic nitrogens is 2. The van der Waals surface area contributed by atoms with Gasteiger partial charge >= 0.3 is 5.97 Å². The first-order valence-electron chi connectivity index (χ1n) is 9.31. The van der Waals surface area contributed by atoms with Crippen molar-refractivity contribution in [3.8, 4) is 17.0 Å². The van der Waals surface area contributed by atoms with Crippen molar-refractivity contribution in [2.75, 3.05) is 0 Å². The predicted molar refractivity (Wildman–Crippen MR) is 109 cm³/mol. The van der Waals surface area contributed by atoms with Crippen LogP contribution in [-0.4, -0.2) is 49.5 Å². The maximum absolute atomic E-state index is 12.4. The van der Waals surface area contributed by atoms with Crippen LogP contribution in [0.2, 0.25) is 0 Å². The second-order valence-electron chi connectivity index (χ2n) is 6.80. The molecule has 154 valence electrons. The Balaban J connectivity index is 1.74. The van der Waals surface area contributed by atoms with Gasteiger partial charge in [0, 0.05) is 18.5 Å². The number of hydrogen-bond acceptors (Lipinski definition) is 6. The first-order valence-corrected chi connectivity index (χ1v) is 9.31. The Hall–Kier alpha value is -3.78. The molecule has 0 aliphatic heterocycles. The van der Waals surface area contributed by atoms with Crippen molar-refractivity contribution in [2.45, 2.75) is 25.0 Å². The third-order valence-electron chi connectivity index (χ3n) is 4.55. The number of carboxylic acid groups (broad SMARTS) is 1. The smallest absolute Gasteiger partial charge is 0.332 e. The van der Waals surface area contributed by atoms with Crippen molar-refractivity contribution in [3.63, 3.8) is 0 Å². The van der Waals surface area contributed by atoms with Crippen molar-refractivity contribution < 1.29 is 24.9 Å². The van der Waals surface area contributed by atoms with Gasteiger partial charge in [-0.3, -0.25) is 4.79 Å². The molecule has 8 heteroatoms. The molecule has 0 aliphatic carbocycles. The van der Waals surface area contributed by atoms with Crippen LogP contribution in [-0.2, 0) is 11.2 Å². The van der Waals surface area contributed by atoms with Crippen molar-refractivity contribution in [2.24, 2.45) is 0 Å². The van der Waals surface area contributed by atoms with Gasteiger partial charge in [0.25, 0.3) is 5.91 Å². The first kappa shape index (κ1) is 20.9. The molecule has 0 fully saturated rings. The first-order chi connectivity index (χ1) is 14.4. The summed E-state index contributed by atoms with van der Waals surface area (Å²) in [5.41, 5.74) is 2.95. The van der Waals surface area contributed by atoms with Gasteiger partial charge < -0.3 is 20.6 Å². The highest BCUT2D eigenvalue weighted by Crippen LogP contribution is 2.20. The topological polar surface area (TPSA) is 133 Å². The van der Waals surface area contributed by atoms with E-state index in [4.69, 9.17) is 5.11 Å². The SMILES string of the molecule is O=C(NC(Cc1ccc(-c2ccccc2)cc1)CC(O)C(=O)O)c1ccc(O)nn1. The minimum atomic E-state index is -1.62. The van der Waals surface area contributed by atoms with E-state index in [2.05, 4.69) is 15.5 Å². The second-order valence-corrected chi connectivity index (χ2v) is 6.80. The third-order valence-corrected chi connectivity index (χ3v) is 4.55. The zero-order valence-electron chi connectivity index (χ0n) is 16.0. The van der Waals surface area contributed by atoms with Crippen LogP contribution >= 0.6 is 0 Å². The summed E-state index contributed by atoms with van der Waals surface area (Å²) >= 11 is 0. The lowest BCUT2D eigenvalue weighted by Gasteiger charge is -2.20. The lowest BCUT2D eigenvalue weighted by molar-refractivity contribution is -0.147. The number of rotatable bonds is 8. The van der Waals surface area contributed by atoms with Crippen LogP contribution in [0.15, 0.2) is 66.7 Å². The van der Waals surface area contributed by atoms with Crippen molar-refractivity contribution >= 4 is 11.9 Å². The van der Waals surface area contributed by atoms with Crippen LogP contribution in [0.5, 0.6) is 5.88 Å². The van der Waals surface area contributed by atoms with Gasteiger partial charge in [-0.1, -0.05) is 54.6 Å². The monoisotopic (exact) mass is 407 g/mol. The number of benzene rings is 2. The van der Waals surface area contributed by atoms with Crippen LogP contribution in [0.4, 0.5) is 0 Å². The van der Waals surface area contributed by atoms with Gasteiger partial charge in [0.15, 0.2) is 11.8 Å². The van der Waals surface area contributed by atoms with Crippen LogP contribution < -0.4 is 5.32 Å². The summed E-state index contributed by atoms with van der Waals surface area (Å²) in [6, 6.07) is 19.4. The van der Waals surface area contributed by atoms with E-state index < -0.39 is 24.0 Å². The lowest BCUT2D eigenvalue weighted by atomic mass is 9.97. The Kier molecular flexibility index (Phi) is 6.71. The van der Waals surface area contributed by atoms with E-state index in [0.29, 0.717) is 6.42 Å². The number of aliphatic hydroxyl groups is 1. The molecule has 0 spiro atoms. The van der Waals surface area contributed by atoms with E-state index in [-0.39, 0.29) is 18.0 Å². The number of aliphatic carboxylic acids is 1. The summed E-state index contributed by atoms with van der Waals surface area (Å²) < 4.78 is 0. The fourth-order valence-corrected chi connectivity index (χ4v) is 3.02. The van der Waals surface area contributed by atoms with Gasteiger partial charge in [-0.2, -0.15) is 0 Å². The molecule has 1 aromatic heterocycles. The molecule has 0 saturated carbocycles. The third kappa shape index (κ3) is 5.62. The van der Waals surface area contributed by atoms with Gasteiger partial charge in [0.05, 0.1) is 0 Å². The number of carboxylic acids is 1. The largest absolute Gasteiger partial charge is 0.492 e. The van der Waals surface area contributed by atoms with E-state index in [9.17, 15) is 19.8 Å². The molecule has 8 nitrogen and oxygen atoms in total. The summed E-state index contributed by atoms with van der Waals surface area (Å²) in [7, 11) is 0. The summed E-state index contributed by atoms with van der Waals surface area (Å²) in [5.74, 6) is -2.26. The molecule has 3 aromatic rings. The predicted octanol–water partition coefficient (Wildman–Crippen LogP) is 2.03. The van der Waals surface area contributed by atoms with Gasteiger partial charge in [0.1, 0.15) is 0 Å².